The number of nitrogens with one attached hydrogen (secondary N) is 1. The van der Waals surface area contributed by atoms with Gasteiger partial charge in [-0.05, 0) is 26.3 Å². The monoisotopic (exact) mass is 275 g/mol. The van der Waals surface area contributed by atoms with Gasteiger partial charge in [0.25, 0.3) is 0 Å². The SMILES string of the molecule is Cc1cnc(NCc2c(C)nn(C)c2C)c([N+](=O)[O-])c1. The van der Waals surface area contributed by atoms with Crippen molar-refractivity contribution in [1.82, 2.24) is 14.8 Å². The molecule has 0 atom stereocenters. The summed E-state index contributed by atoms with van der Waals surface area (Å²) in [7, 11) is 1.87. The van der Waals surface area contributed by atoms with E-state index in [0.717, 1.165) is 22.5 Å². The van der Waals surface area contributed by atoms with Crippen molar-refractivity contribution in [2.75, 3.05) is 5.32 Å². The summed E-state index contributed by atoms with van der Waals surface area (Å²) in [6.45, 7) is 6.12. The molecule has 0 saturated heterocycles. The summed E-state index contributed by atoms with van der Waals surface area (Å²) in [4.78, 5) is 14.7. The normalized spacial score (nSPS) is 10.6. The molecule has 106 valence electrons. The molecule has 0 radical (unpaired) electrons. The van der Waals surface area contributed by atoms with Crippen molar-refractivity contribution < 1.29 is 4.92 Å². The van der Waals surface area contributed by atoms with E-state index in [0.29, 0.717) is 6.54 Å². The van der Waals surface area contributed by atoms with E-state index in [4.69, 9.17) is 0 Å². The topological polar surface area (TPSA) is 85.9 Å². The van der Waals surface area contributed by atoms with Crippen LogP contribution >= 0.6 is 0 Å². The lowest BCUT2D eigenvalue weighted by molar-refractivity contribution is -0.384. The average Bonchev–Trinajstić information content (AvgIpc) is 2.62. The molecule has 2 heterocycles. The van der Waals surface area contributed by atoms with Crippen LogP contribution in [0.5, 0.6) is 0 Å². The molecule has 0 aliphatic rings. The third kappa shape index (κ3) is 2.61. The molecule has 0 bridgehead atoms. The Morgan fingerprint density at radius 1 is 1.40 bits per heavy atom. The lowest BCUT2D eigenvalue weighted by Crippen LogP contribution is -2.06. The van der Waals surface area contributed by atoms with Crippen LogP contribution in [0.3, 0.4) is 0 Å². The van der Waals surface area contributed by atoms with Crippen molar-refractivity contribution in [2.24, 2.45) is 7.05 Å². The van der Waals surface area contributed by atoms with E-state index in [-0.39, 0.29) is 11.5 Å². The van der Waals surface area contributed by atoms with Crippen LogP contribution in [0.25, 0.3) is 0 Å². The molecule has 0 spiro atoms. The molecular formula is C13H17N5O2. The van der Waals surface area contributed by atoms with Crippen LogP contribution < -0.4 is 5.32 Å². The summed E-state index contributed by atoms with van der Waals surface area (Å²) in [6.07, 6.45) is 1.61. The predicted molar refractivity (Wildman–Crippen MR) is 75.6 cm³/mol. The Kier molecular flexibility index (Phi) is 3.69. The van der Waals surface area contributed by atoms with Gasteiger partial charge in [-0.2, -0.15) is 5.10 Å². The van der Waals surface area contributed by atoms with Gasteiger partial charge in [0.1, 0.15) is 0 Å². The van der Waals surface area contributed by atoms with E-state index in [2.05, 4.69) is 15.4 Å². The lowest BCUT2D eigenvalue weighted by Gasteiger charge is -2.07. The standard InChI is InChI=1S/C13H17N5O2/c1-8-5-12(18(19)20)13(14-6-8)15-7-11-9(2)16-17(4)10(11)3/h5-6H,7H2,1-4H3,(H,14,15). The van der Waals surface area contributed by atoms with Crippen LogP contribution in [0, 0.1) is 30.9 Å². The molecule has 2 aromatic heterocycles. The Bertz CT molecular complexity index is 663. The number of hydrogen-bond acceptors (Lipinski definition) is 5. The van der Waals surface area contributed by atoms with Crippen molar-refractivity contribution in [3.63, 3.8) is 0 Å². The van der Waals surface area contributed by atoms with Crippen molar-refractivity contribution in [1.29, 1.82) is 0 Å². The number of nitrogens with zero attached hydrogens (tertiary/aromatic N) is 4. The first-order valence-electron chi connectivity index (χ1n) is 6.24. The van der Waals surface area contributed by atoms with Gasteiger partial charge in [-0.25, -0.2) is 4.98 Å². The van der Waals surface area contributed by atoms with Gasteiger partial charge in [0.05, 0.1) is 10.6 Å². The second kappa shape index (κ2) is 5.28. The van der Waals surface area contributed by atoms with Crippen LogP contribution in [0.15, 0.2) is 12.3 Å². The molecule has 2 rings (SSSR count). The maximum absolute atomic E-state index is 11.0. The molecule has 0 unspecified atom stereocenters. The minimum absolute atomic E-state index is 0.0100. The smallest absolute Gasteiger partial charge is 0.311 e. The Hall–Kier alpha value is -2.44. The Labute approximate surface area is 116 Å². The highest BCUT2D eigenvalue weighted by Gasteiger charge is 2.16. The molecule has 0 aliphatic carbocycles. The molecule has 20 heavy (non-hydrogen) atoms. The minimum Gasteiger partial charge on any atom is -0.360 e. The van der Waals surface area contributed by atoms with Gasteiger partial charge in [0.15, 0.2) is 0 Å². The summed E-state index contributed by atoms with van der Waals surface area (Å²) in [5.74, 6) is 0.281. The molecule has 0 saturated carbocycles. The highest BCUT2D eigenvalue weighted by molar-refractivity contribution is 5.56. The summed E-state index contributed by atoms with van der Waals surface area (Å²) < 4.78 is 1.79. The second-order valence-corrected chi connectivity index (χ2v) is 4.76. The predicted octanol–water partition coefficient (Wildman–Crippen LogP) is 2.26. The summed E-state index contributed by atoms with van der Waals surface area (Å²) in [5, 5.41) is 18.4. The molecule has 0 fully saturated rings. The largest absolute Gasteiger partial charge is 0.360 e. The first-order valence-corrected chi connectivity index (χ1v) is 6.24. The molecule has 7 heteroatoms. The van der Waals surface area contributed by atoms with Crippen molar-refractivity contribution in [3.05, 3.63) is 44.9 Å². The van der Waals surface area contributed by atoms with Crippen LogP contribution in [-0.2, 0) is 13.6 Å². The zero-order chi connectivity index (χ0) is 14.9. The minimum atomic E-state index is -0.425. The third-order valence-electron chi connectivity index (χ3n) is 3.29. The summed E-state index contributed by atoms with van der Waals surface area (Å²) >= 11 is 0. The van der Waals surface area contributed by atoms with Gasteiger partial charge in [0, 0.05) is 37.1 Å². The van der Waals surface area contributed by atoms with Crippen molar-refractivity contribution in [2.45, 2.75) is 27.3 Å². The van der Waals surface area contributed by atoms with Crippen molar-refractivity contribution >= 4 is 11.5 Å². The molecule has 0 aliphatic heterocycles. The number of anilines is 1. The van der Waals surface area contributed by atoms with Gasteiger partial charge in [-0.15, -0.1) is 0 Å². The van der Waals surface area contributed by atoms with E-state index in [1.54, 1.807) is 17.8 Å². The van der Waals surface area contributed by atoms with Crippen LogP contribution in [0.2, 0.25) is 0 Å². The molecule has 0 aromatic carbocycles. The zero-order valence-corrected chi connectivity index (χ0v) is 12.0. The first kappa shape index (κ1) is 14.0. The van der Waals surface area contributed by atoms with Crippen molar-refractivity contribution in [3.8, 4) is 0 Å². The fourth-order valence-electron chi connectivity index (χ4n) is 2.07. The third-order valence-corrected chi connectivity index (χ3v) is 3.29. The molecule has 1 N–H and O–H groups in total. The van der Waals surface area contributed by atoms with Gasteiger partial charge in [0.2, 0.25) is 5.82 Å². The fourth-order valence-corrected chi connectivity index (χ4v) is 2.07. The zero-order valence-electron chi connectivity index (χ0n) is 12.0. The number of pyridine rings is 1. The maximum atomic E-state index is 11.0. The van der Waals surface area contributed by atoms with Crippen LogP contribution in [0.1, 0.15) is 22.5 Å². The quantitative estimate of drug-likeness (QED) is 0.683. The van der Waals surface area contributed by atoms with Gasteiger partial charge < -0.3 is 5.32 Å². The first-order chi connectivity index (χ1) is 9.40. The molecule has 7 nitrogen and oxygen atoms in total. The number of nitro groups is 1. The average molecular weight is 275 g/mol. The number of aromatic nitrogens is 3. The van der Waals surface area contributed by atoms with E-state index < -0.39 is 4.92 Å². The van der Waals surface area contributed by atoms with Crippen LogP contribution in [-0.4, -0.2) is 19.7 Å². The molecular weight excluding hydrogens is 258 g/mol. The number of aryl methyl sites for hydroxylation is 3. The van der Waals surface area contributed by atoms with Crippen LogP contribution in [0.4, 0.5) is 11.5 Å². The van der Waals surface area contributed by atoms with E-state index >= 15 is 0 Å². The highest BCUT2D eigenvalue weighted by Crippen LogP contribution is 2.23. The van der Waals surface area contributed by atoms with E-state index in [1.807, 2.05) is 20.9 Å². The van der Waals surface area contributed by atoms with E-state index in [1.165, 1.54) is 6.07 Å². The highest BCUT2D eigenvalue weighted by atomic mass is 16.6. The molecule has 2 aromatic rings. The van der Waals surface area contributed by atoms with Gasteiger partial charge in [-0.1, -0.05) is 0 Å². The van der Waals surface area contributed by atoms with Gasteiger partial charge >= 0.3 is 5.69 Å². The summed E-state index contributed by atoms with van der Waals surface area (Å²) in [6, 6.07) is 1.51. The number of hydrogen-bond donors (Lipinski definition) is 1. The Balaban J connectivity index is 2.25. The molecule has 0 amide bonds. The maximum Gasteiger partial charge on any atom is 0.311 e. The Morgan fingerprint density at radius 3 is 2.65 bits per heavy atom. The summed E-state index contributed by atoms with van der Waals surface area (Å²) in [5.41, 5.74) is 3.72. The Morgan fingerprint density at radius 2 is 2.10 bits per heavy atom. The second-order valence-electron chi connectivity index (χ2n) is 4.76. The fraction of sp³-hybridized carbons (Fsp3) is 0.385. The van der Waals surface area contributed by atoms with E-state index in [9.17, 15) is 10.1 Å². The number of rotatable bonds is 4. The van der Waals surface area contributed by atoms with Gasteiger partial charge in [-0.3, -0.25) is 14.8 Å². The lowest BCUT2D eigenvalue weighted by atomic mass is 10.2.